The Bertz CT molecular complexity index is 848. The monoisotopic (exact) mass is 434 g/mol. The van der Waals surface area contributed by atoms with Gasteiger partial charge in [-0.05, 0) is 23.8 Å². The first kappa shape index (κ1) is 22.4. The fourth-order valence-electron chi connectivity index (χ4n) is 2.20. The maximum absolute atomic E-state index is 12.9. The molecule has 0 aliphatic carbocycles. The number of halogens is 5. The molecule has 0 aliphatic heterocycles. The van der Waals surface area contributed by atoms with Crippen LogP contribution >= 0.6 is 11.6 Å². The highest BCUT2D eigenvalue weighted by Gasteiger charge is 2.41. The molecule has 6 nitrogen and oxygen atoms in total. The Labute approximate surface area is 167 Å². The summed E-state index contributed by atoms with van der Waals surface area (Å²) in [6, 6.07) is 7.59. The first-order valence-corrected chi connectivity index (χ1v) is 8.49. The first-order valence-electron chi connectivity index (χ1n) is 8.11. The third kappa shape index (κ3) is 6.60. The normalized spacial score (nSPS) is 12.5. The van der Waals surface area contributed by atoms with Crippen LogP contribution in [0.5, 0.6) is 5.88 Å². The van der Waals surface area contributed by atoms with Crippen LogP contribution in [0.1, 0.15) is 28.4 Å². The Morgan fingerprint density at radius 2 is 1.83 bits per heavy atom. The van der Waals surface area contributed by atoms with Crippen LogP contribution < -0.4 is 10.1 Å². The SMILES string of the molecule is O=C(O)CC(NC(=O)c1ccc(OCC(F)(F)C(F)F)nc1)c1ccc(Cl)cc1. The Morgan fingerprint density at radius 3 is 2.34 bits per heavy atom. The fraction of sp³-hybridized carbons (Fsp3) is 0.278. The molecule has 1 unspecified atom stereocenters. The predicted molar refractivity (Wildman–Crippen MR) is 94.6 cm³/mol. The molecule has 1 heterocycles. The van der Waals surface area contributed by atoms with Gasteiger partial charge in [0.25, 0.3) is 5.91 Å². The van der Waals surface area contributed by atoms with E-state index in [0.717, 1.165) is 12.3 Å². The molecule has 11 heteroatoms. The molecule has 0 bridgehead atoms. The molecule has 1 aromatic heterocycles. The van der Waals surface area contributed by atoms with Crippen molar-refractivity contribution in [3.05, 3.63) is 58.7 Å². The van der Waals surface area contributed by atoms with E-state index in [2.05, 4.69) is 15.0 Å². The Kier molecular flexibility index (Phi) is 7.38. The second-order valence-corrected chi connectivity index (χ2v) is 6.35. The van der Waals surface area contributed by atoms with Gasteiger partial charge in [-0.1, -0.05) is 23.7 Å². The maximum atomic E-state index is 12.9. The largest absolute Gasteiger partial charge is 0.481 e. The second kappa shape index (κ2) is 9.55. The maximum Gasteiger partial charge on any atom is 0.340 e. The predicted octanol–water partition coefficient (Wildman–Crippen LogP) is 3.96. The molecule has 1 atom stereocenters. The number of carboxylic acids is 1. The summed E-state index contributed by atoms with van der Waals surface area (Å²) in [5.41, 5.74) is 0.495. The molecule has 0 aliphatic rings. The van der Waals surface area contributed by atoms with E-state index < -0.39 is 43.3 Å². The van der Waals surface area contributed by atoms with Gasteiger partial charge in [0.05, 0.1) is 18.0 Å². The van der Waals surface area contributed by atoms with Gasteiger partial charge in [0.2, 0.25) is 5.88 Å². The lowest BCUT2D eigenvalue weighted by Gasteiger charge is -2.18. The average Bonchev–Trinajstić information content (AvgIpc) is 2.66. The molecule has 2 aromatic rings. The number of carboxylic acid groups (broad SMARTS) is 1. The van der Waals surface area contributed by atoms with Crippen molar-refractivity contribution < 1.29 is 37.0 Å². The lowest BCUT2D eigenvalue weighted by atomic mass is 10.0. The number of rotatable bonds is 9. The molecule has 0 radical (unpaired) electrons. The molecular formula is C18H15ClF4N2O4. The van der Waals surface area contributed by atoms with E-state index in [1.165, 1.54) is 6.07 Å². The number of nitrogens with zero attached hydrogens (tertiary/aromatic N) is 1. The van der Waals surface area contributed by atoms with Gasteiger partial charge < -0.3 is 15.2 Å². The van der Waals surface area contributed by atoms with Gasteiger partial charge in [0.15, 0.2) is 6.61 Å². The quantitative estimate of drug-likeness (QED) is 0.583. The minimum absolute atomic E-state index is 0.0117. The van der Waals surface area contributed by atoms with E-state index in [9.17, 15) is 27.2 Å². The lowest BCUT2D eigenvalue weighted by Crippen LogP contribution is -2.34. The molecule has 2 N–H and O–H groups in total. The number of nitrogens with one attached hydrogen (secondary N) is 1. The third-order valence-electron chi connectivity index (χ3n) is 3.69. The summed E-state index contributed by atoms with van der Waals surface area (Å²) in [7, 11) is 0. The van der Waals surface area contributed by atoms with Crippen LogP contribution in [0.25, 0.3) is 0 Å². The number of ether oxygens (including phenoxy) is 1. The van der Waals surface area contributed by atoms with Crippen molar-refractivity contribution in [3.8, 4) is 5.88 Å². The lowest BCUT2D eigenvalue weighted by molar-refractivity contribution is -0.148. The highest BCUT2D eigenvalue weighted by Crippen LogP contribution is 2.24. The van der Waals surface area contributed by atoms with E-state index >= 15 is 0 Å². The van der Waals surface area contributed by atoms with E-state index in [1.807, 2.05) is 0 Å². The topological polar surface area (TPSA) is 88.5 Å². The van der Waals surface area contributed by atoms with Crippen LogP contribution in [0.3, 0.4) is 0 Å². The highest BCUT2D eigenvalue weighted by atomic mass is 35.5. The van der Waals surface area contributed by atoms with Crippen molar-refractivity contribution in [3.63, 3.8) is 0 Å². The van der Waals surface area contributed by atoms with Gasteiger partial charge in [0, 0.05) is 17.3 Å². The molecule has 0 fully saturated rings. The Morgan fingerprint density at radius 1 is 1.17 bits per heavy atom. The van der Waals surface area contributed by atoms with Gasteiger partial charge in [-0.3, -0.25) is 9.59 Å². The molecule has 0 saturated heterocycles. The number of aliphatic carboxylic acids is 1. The number of alkyl halides is 4. The van der Waals surface area contributed by atoms with Crippen LogP contribution in [-0.4, -0.2) is 40.9 Å². The van der Waals surface area contributed by atoms with Gasteiger partial charge in [-0.25, -0.2) is 13.8 Å². The summed E-state index contributed by atoms with van der Waals surface area (Å²) >= 11 is 5.80. The molecule has 1 aromatic carbocycles. The number of hydrogen-bond acceptors (Lipinski definition) is 4. The van der Waals surface area contributed by atoms with Crippen molar-refractivity contribution in [2.45, 2.75) is 24.8 Å². The fourth-order valence-corrected chi connectivity index (χ4v) is 2.32. The number of amides is 1. The van der Waals surface area contributed by atoms with Crippen molar-refractivity contribution in [1.29, 1.82) is 0 Å². The van der Waals surface area contributed by atoms with E-state index in [4.69, 9.17) is 16.7 Å². The summed E-state index contributed by atoms with van der Waals surface area (Å²) in [6.07, 6.45) is -3.29. The molecular weight excluding hydrogens is 420 g/mol. The molecule has 1 amide bonds. The summed E-state index contributed by atoms with van der Waals surface area (Å²) in [4.78, 5) is 27.1. The second-order valence-electron chi connectivity index (χ2n) is 5.91. The van der Waals surface area contributed by atoms with Crippen LogP contribution in [0.4, 0.5) is 17.6 Å². The number of pyridine rings is 1. The standard InChI is InChI=1S/C18H15ClF4N2O4/c19-12-4-1-10(2-5-12)13(7-15(26)27)25-16(28)11-3-6-14(24-8-11)29-9-18(22,23)17(20)21/h1-6,8,13,17H,7,9H2,(H,25,28)(H,26,27). The van der Waals surface area contributed by atoms with E-state index in [0.29, 0.717) is 10.6 Å². The molecule has 0 spiro atoms. The van der Waals surface area contributed by atoms with Crippen LogP contribution in [0.15, 0.2) is 42.6 Å². The molecule has 0 saturated carbocycles. The molecule has 2 rings (SSSR count). The van der Waals surface area contributed by atoms with Crippen LogP contribution in [-0.2, 0) is 4.79 Å². The van der Waals surface area contributed by atoms with Crippen LogP contribution in [0, 0.1) is 0 Å². The van der Waals surface area contributed by atoms with Gasteiger partial charge in [-0.2, -0.15) is 8.78 Å². The van der Waals surface area contributed by atoms with Crippen molar-refractivity contribution in [2.75, 3.05) is 6.61 Å². The zero-order valence-electron chi connectivity index (χ0n) is 14.6. The minimum atomic E-state index is -4.33. The summed E-state index contributed by atoms with van der Waals surface area (Å²) in [5.74, 6) is -6.53. The first-order chi connectivity index (χ1) is 13.6. The van der Waals surface area contributed by atoms with Crippen LogP contribution in [0.2, 0.25) is 5.02 Å². The third-order valence-corrected chi connectivity index (χ3v) is 3.94. The number of aromatic nitrogens is 1. The van der Waals surface area contributed by atoms with Crippen molar-refractivity contribution >= 4 is 23.5 Å². The average molecular weight is 435 g/mol. The number of hydrogen-bond donors (Lipinski definition) is 2. The minimum Gasteiger partial charge on any atom is -0.481 e. The van der Waals surface area contributed by atoms with Gasteiger partial charge in [-0.15, -0.1) is 0 Å². The number of carbonyl (C=O) groups excluding carboxylic acids is 1. The summed E-state index contributed by atoms with van der Waals surface area (Å²) < 4.78 is 54.4. The summed E-state index contributed by atoms with van der Waals surface area (Å²) in [6.45, 7) is -1.57. The number of carbonyl (C=O) groups is 2. The Balaban J connectivity index is 2.06. The van der Waals surface area contributed by atoms with E-state index in [-0.39, 0.29) is 11.4 Å². The van der Waals surface area contributed by atoms with E-state index in [1.54, 1.807) is 24.3 Å². The zero-order chi connectivity index (χ0) is 21.6. The Hall–Kier alpha value is -2.88. The number of benzene rings is 1. The summed E-state index contributed by atoms with van der Waals surface area (Å²) in [5, 5.41) is 12.0. The van der Waals surface area contributed by atoms with Gasteiger partial charge in [0.1, 0.15) is 0 Å². The molecule has 29 heavy (non-hydrogen) atoms. The van der Waals surface area contributed by atoms with Gasteiger partial charge >= 0.3 is 18.3 Å². The molecule has 156 valence electrons. The van der Waals surface area contributed by atoms with Crippen molar-refractivity contribution in [1.82, 2.24) is 10.3 Å². The zero-order valence-corrected chi connectivity index (χ0v) is 15.4. The smallest absolute Gasteiger partial charge is 0.340 e. The highest BCUT2D eigenvalue weighted by molar-refractivity contribution is 6.30. The van der Waals surface area contributed by atoms with Crippen molar-refractivity contribution in [2.24, 2.45) is 0 Å².